The highest BCUT2D eigenvalue weighted by Gasteiger charge is 2.44. The van der Waals surface area contributed by atoms with Crippen LogP contribution in [0, 0.1) is 6.92 Å². The third-order valence-electron chi connectivity index (χ3n) is 6.63. The summed E-state index contributed by atoms with van der Waals surface area (Å²) >= 11 is 0. The van der Waals surface area contributed by atoms with E-state index in [1.807, 2.05) is 19.3 Å². The minimum Gasteiger partial charge on any atom is -0.360 e. The van der Waals surface area contributed by atoms with E-state index in [0.29, 0.717) is 12.0 Å². The third kappa shape index (κ3) is 4.13. The minimum atomic E-state index is 0.227. The average Bonchev–Trinajstić information content (AvgIpc) is 3.07. The summed E-state index contributed by atoms with van der Waals surface area (Å²) in [6, 6.07) is 0.341. The van der Waals surface area contributed by atoms with Crippen LogP contribution in [0.25, 0.3) is 0 Å². The van der Waals surface area contributed by atoms with Crippen LogP contribution in [0.5, 0.6) is 0 Å². The summed E-state index contributed by atoms with van der Waals surface area (Å²) in [5, 5.41) is 3.25. The first-order valence-electron chi connectivity index (χ1n) is 11.3. The Balaban J connectivity index is 1.44. The van der Waals surface area contributed by atoms with Gasteiger partial charge in [0.15, 0.2) is 0 Å². The lowest BCUT2D eigenvalue weighted by Crippen LogP contribution is -2.41. The predicted molar refractivity (Wildman–Crippen MR) is 121 cm³/mol. The van der Waals surface area contributed by atoms with E-state index in [-0.39, 0.29) is 5.41 Å². The number of nitrogens with one attached hydrogen (secondary N) is 1. The van der Waals surface area contributed by atoms with Gasteiger partial charge in [-0.3, -0.25) is 4.90 Å². The molecule has 4 rings (SSSR count). The first-order chi connectivity index (χ1) is 14.4. The Morgan fingerprint density at radius 2 is 1.83 bits per heavy atom. The Bertz CT molecular complexity index is 870. The molecule has 7 heteroatoms. The SMILES string of the molecule is CCN(C)c1nc(C)nc2c1CCC21CCN(Cc2cnc(NC(C)C)nc2)CC1. The molecule has 162 valence electrons. The Morgan fingerprint density at radius 1 is 1.13 bits per heavy atom. The molecule has 3 heterocycles. The summed E-state index contributed by atoms with van der Waals surface area (Å²) in [5.41, 5.74) is 4.12. The number of hydrogen-bond donors (Lipinski definition) is 1. The lowest BCUT2D eigenvalue weighted by molar-refractivity contribution is 0.149. The number of hydrogen-bond acceptors (Lipinski definition) is 7. The molecular weight excluding hydrogens is 374 g/mol. The molecule has 2 aromatic heterocycles. The summed E-state index contributed by atoms with van der Waals surface area (Å²) < 4.78 is 0. The quantitative estimate of drug-likeness (QED) is 0.785. The van der Waals surface area contributed by atoms with Crippen LogP contribution in [-0.2, 0) is 18.4 Å². The highest BCUT2D eigenvalue weighted by atomic mass is 15.2. The summed E-state index contributed by atoms with van der Waals surface area (Å²) in [6.07, 6.45) is 8.55. The predicted octanol–water partition coefficient (Wildman–Crippen LogP) is 3.33. The van der Waals surface area contributed by atoms with E-state index in [1.165, 1.54) is 36.1 Å². The molecule has 0 atom stereocenters. The van der Waals surface area contributed by atoms with Crippen molar-refractivity contribution in [3.8, 4) is 0 Å². The van der Waals surface area contributed by atoms with E-state index in [1.54, 1.807) is 0 Å². The van der Waals surface area contributed by atoms with Crippen molar-refractivity contribution in [1.29, 1.82) is 0 Å². The van der Waals surface area contributed by atoms with Crippen molar-refractivity contribution in [2.75, 3.05) is 36.9 Å². The Labute approximate surface area is 180 Å². The van der Waals surface area contributed by atoms with Crippen LogP contribution in [0.15, 0.2) is 12.4 Å². The number of anilines is 2. The van der Waals surface area contributed by atoms with Crippen LogP contribution in [0.4, 0.5) is 11.8 Å². The Morgan fingerprint density at radius 3 is 2.47 bits per heavy atom. The molecule has 2 aliphatic rings. The number of likely N-dealkylation sites (tertiary alicyclic amines) is 1. The van der Waals surface area contributed by atoms with Crippen molar-refractivity contribution in [2.24, 2.45) is 0 Å². The largest absolute Gasteiger partial charge is 0.360 e. The molecule has 0 unspecified atom stereocenters. The van der Waals surface area contributed by atoms with Crippen LogP contribution < -0.4 is 10.2 Å². The second kappa shape index (κ2) is 8.46. The number of aromatic nitrogens is 4. The van der Waals surface area contributed by atoms with E-state index in [2.05, 4.69) is 52.9 Å². The molecule has 0 saturated carbocycles. The summed E-state index contributed by atoms with van der Waals surface area (Å²) in [6.45, 7) is 12.5. The molecule has 1 saturated heterocycles. The fourth-order valence-electron chi connectivity index (χ4n) is 4.85. The van der Waals surface area contributed by atoms with Gasteiger partial charge in [0.1, 0.15) is 11.6 Å². The molecule has 1 N–H and O–H groups in total. The number of nitrogens with zero attached hydrogens (tertiary/aromatic N) is 6. The minimum absolute atomic E-state index is 0.227. The lowest BCUT2D eigenvalue weighted by atomic mass is 9.76. The third-order valence-corrected chi connectivity index (χ3v) is 6.63. The van der Waals surface area contributed by atoms with Gasteiger partial charge in [-0.25, -0.2) is 19.9 Å². The molecule has 1 aliphatic carbocycles. The molecule has 0 radical (unpaired) electrons. The maximum atomic E-state index is 4.97. The number of aryl methyl sites for hydroxylation is 1. The van der Waals surface area contributed by atoms with Crippen LogP contribution >= 0.6 is 0 Å². The van der Waals surface area contributed by atoms with Gasteiger partial charge in [0, 0.05) is 55.1 Å². The first kappa shape index (κ1) is 21.0. The smallest absolute Gasteiger partial charge is 0.222 e. The number of piperidine rings is 1. The van der Waals surface area contributed by atoms with Crippen molar-refractivity contribution < 1.29 is 0 Å². The lowest BCUT2D eigenvalue weighted by Gasteiger charge is -2.39. The topological polar surface area (TPSA) is 70.1 Å². The molecule has 2 aromatic rings. The van der Waals surface area contributed by atoms with Gasteiger partial charge in [-0.15, -0.1) is 0 Å². The molecule has 0 bridgehead atoms. The van der Waals surface area contributed by atoms with E-state index < -0.39 is 0 Å². The zero-order chi connectivity index (χ0) is 21.3. The molecule has 30 heavy (non-hydrogen) atoms. The van der Waals surface area contributed by atoms with Gasteiger partial charge in [-0.1, -0.05) is 0 Å². The molecule has 1 spiro atoms. The molecule has 0 amide bonds. The maximum Gasteiger partial charge on any atom is 0.222 e. The first-order valence-corrected chi connectivity index (χ1v) is 11.3. The van der Waals surface area contributed by atoms with Crippen molar-refractivity contribution in [2.45, 2.75) is 71.4 Å². The van der Waals surface area contributed by atoms with E-state index >= 15 is 0 Å². The van der Waals surface area contributed by atoms with Gasteiger partial charge in [0.2, 0.25) is 5.95 Å². The molecule has 7 nitrogen and oxygen atoms in total. The van der Waals surface area contributed by atoms with E-state index in [9.17, 15) is 0 Å². The normalized spacial score (nSPS) is 18.1. The van der Waals surface area contributed by atoms with Crippen LogP contribution in [0.2, 0.25) is 0 Å². The monoisotopic (exact) mass is 409 g/mol. The maximum absolute atomic E-state index is 4.97. The Kier molecular flexibility index (Phi) is 5.91. The second-order valence-electron chi connectivity index (χ2n) is 9.21. The second-order valence-corrected chi connectivity index (χ2v) is 9.21. The van der Waals surface area contributed by atoms with Gasteiger partial charge in [0.05, 0.1) is 5.69 Å². The van der Waals surface area contributed by atoms with E-state index in [0.717, 1.165) is 44.2 Å². The molecule has 0 aromatic carbocycles. The number of fused-ring (bicyclic) bond motifs is 2. The van der Waals surface area contributed by atoms with Gasteiger partial charge < -0.3 is 10.2 Å². The van der Waals surface area contributed by atoms with Crippen LogP contribution in [-0.4, -0.2) is 57.6 Å². The van der Waals surface area contributed by atoms with Crippen molar-refractivity contribution >= 4 is 11.8 Å². The van der Waals surface area contributed by atoms with Gasteiger partial charge >= 0.3 is 0 Å². The number of rotatable bonds is 6. The standard InChI is InChI=1S/C23H35N7/c1-6-29(5)21-19-7-8-23(20(19)27-17(4)28-21)9-11-30(12-10-23)15-18-13-24-22(25-14-18)26-16(2)3/h13-14,16H,6-12,15H2,1-5H3,(H,24,25,26). The van der Waals surface area contributed by atoms with Crippen LogP contribution in [0.1, 0.15) is 62.7 Å². The van der Waals surface area contributed by atoms with Crippen molar-refractivity contribution in [3.63, 3.8) is 0 Å². The zero-order valence-electron chi connectivity index (χ0n) is 19.1. The summed E-state index contributed by atoms with van der Waals surface area (Å²) in [5.74, 6) is 2.75. The zero-order valence-corrected chi connectivity index (χ0v) is 19.1. The van der Waals surface area contributed by atoms with Gasteiger partial charge in [-0.2, -0.15) is 0 Å². The molecular formula is C23H35N7. The highest BCUT2D eigenvalue weighted by molar-refractivity contribution is 5.53. The van der Waals surface area contributed by atoms with E-state index in [4.69, 9.17) is 9.97 Å². The van der Waals surface area contributed by atoms with Crippen molar-refractivity contribution in [1.82, 2.24) is 24.8 Å². The average molecular weight is 410 g/mol. The highest BCUT2D eigenvalue weighted by Crippen LogP contribution is 2.47. The summed E-state index contributed by atoms with van der Waals surface area (Å²) in [4.78, 5) is 23.5. The Hall–Kier alpha value is -2.28. The molecule has 1 fully saturated rings. The summed E-state index contributed by atoms with van der Waals surface area (Å²) in [7, 11) is 2.14. The fraction of sp³-hybridized carbons (Fsp3) is 0.652. The van der Waals surface area contributed by atoms with Gasteiger partial charge in [-0.05, 0) is 66.5 Å². The van der Waals surface area contributed by atoms with Gasteiger partial charge in [0.25, 0.3) is 0 Å². The van der Waals surface area contributed by atoms with Crippen LogP contribution in [0.3, 0.4) is 0 Å². The fourth-order valence-corrected chi connectivity index (χ4v) is 4.85. The van der Waals surface area contributed by atoms with Crippen molar-refractivity contribution in [3.05, 3.63) is 35.0 Å². The molecule has 1 aliphatic heterocycles.